The number of nitrogens with one attached hydrogen (secondary N) is 1. The van der Waals surface area contributed by atoms with Gasteiger partial charge < -0.3 is 5.32 Å². The highest BCUT2D eigenvalue weighted by molar-refractivity contribution is 5.92. The summed E-state index contributed by atoms with van der Waals surface area (Å²) in [6.07, 6.45) is 10.7. The predicted octanol–water partition coefficient (Wildman–Crippen LogP) is 2.79. The maximum Gasteiger partial charge on any atom is 0.227 e. The first-order chi connectivity index (χ1) is 9.83. The number of aromatic nitrogens is 3. The summed E-state index contributed by atoms with van der Waals surface area (Å²) in [5, 5.41) is 7.18. The molecular weight excluding hydrogens is 252 g/mol. The summed E-state index contributed by atoms with van der Waals surface area (Å²) in [6.45, 7) is 0. The smallest absolute Gasteiger partial charge is 0.227 e. The first kappa shape index (κ1) is 12.8. The van der Waals surface area contributed by atoms with Crippen LogP contribution in [0.3, 0.4) is 0 Å². The minimum Gasteiger partial charge on any atom is -0.323 e. The van der Waals surface area contributed by atoms with E-state index in [0.29, 0.717) is 0 Å². The van der Waals surface area contributed by atoms with Gasteiger partial charge >= 0.3 is 0 Å². The Balaban J connectivity index is 1.66. The minimum absolute atomic E-state index is 0.116. The fourth-order valence-corrected chi connectivity index (χ4v) is 2.61. The van der Waals surface area contributed by atoms with Crippen molar-refractivity contribution in [3.63, 3.8) is 0 Å². The molecule has 0 aromatic carbocycles. The zero-order valence-electron chi connectivity index (χ0n) is 11.3. The van der Waals surface area contributed by atoms with Crippen molar-refractivity contribution in [3.05, 3.63) is 36.8 Å². The third-order valence-corrected chi connectivity index (χ3v) is 3.71. The zero-order valence-corrected chi connectivity index (χ0v) is 11.3. The molecule has 2 heterocycles. The molecule has 0 radical (unpaired) electrons. The van der Waals surface area contributed by atoms with Gasteiger partial charge in [-0.1, -0.05) is 25.3 Å². The summed E-state index contributed by atoms with van der Waals surface area (Å²) in [4.78, 5) is 16.4. The number of nitrogens with zero attached hydrogens (tertiary/aromatic N) is 3. The van der Waals surface area contributed by atoms with Gasteiger partial charge in [0, 0.05) is 12.1 Å². The number of pyridine rings is 1. The summed E-state index contributed by atoms with van der Waals surface area (Å²) >= 11 is 0. The van der Waals surface area contributed by atoms with Crippen LogP contribution < -0.4 is 5.32 Å². The van der Waals surface area contributed by atoms with Crippen LogP contribution in [-0.2, 0) is 4.79 Å². The molecule has 1 aliphatic carbocycles. The molecule has 1 saturated carbocycles. The van der Waals surface area contributed by atoms with E-state index in [1.165, 1.54) is 6.42 Å². The van der Waals surface area contributed by atoms with Crippen molar-refractivity contribution in [1.29, 1.82) is 0 Å². The molecule has 0 aliphatic heterocycles. The van der Waals surface area contributed by atoms with Crippen molar-refractivity contribution in [3.8, 4) is 5.82 Å². The standard InChI is InChI=1S/C15H18N4O/c20-15(12-6-2-1-3-7-12)18-13-10-17-19(11-13)14-8-4-5-9-16-14/h4-5,8-12H,1-3,6-7H2,(H,18,20). The highest BCUT2D eigenvalue weighted by Crippen LogP contribution is 2.24. The van der Waals surface area contributed by atoms with Gasteiger partial charge in [-0.15, -0.1) is 0 Å². The van der Waals surface area contributed by atoms with Crippen LogP contribution in [0.15, 0.2) is 36.8 Å². The van der Waals surface area contributed by atoms with Crippen LogP contribution in [0.2, 0.25) is 0 Å². The summed E-state index contributed by atoms with van der Waals surface area (Å²) < 4.78 is 1.66. The summed E-state index contributed by atoms with van der Waals surface area (Å²) in [5.74, 6) is 1.01. The van der Waals surface area contributed by atoms with Gasteiger partial charge in [0.05, 0.1) is 18.1 Å². The Labute approximate surface area is 118 Å². The van der Waals surface area contributed by atoms with Gasteiger partial charge in [-0.2, -0.15) is 5.10 Å². The molecular formula is C15H18N4O. The number of rotatable bonds is 3. The fraction of sp³-hybridized carbons (Fsp3) is 0.400. The maximum atomic E-state index is 12.1. The van der Waals surface area contributed by atoms with Gasteiger partial charge in [-0.25, -0.2) is 9.67 Å². The normalized spacial score (nSPS) is 16.0. The summed E-state index contributed by atoms with van der Waals surface area (Å²) in [6, 6.07) is 5.64. The quantitative estimate of drug-likeness (QED) is 0.933. The third kappa shape index (κ3) is 2.87. The van der Waals surface area contributed by atoms with E-state index < -0.39 is 0 Å². The molecule has 1 aliphatic rings. The minimum atomic E-state index is 0.116. The Bertz CT molecular complexity index is 573. The maximum absolute atomic E-state index is 12.1. The van der Waals surface area contributed by atoms with Gasteiger partial charge in [0.15, 0.2) is 5.82 Å². The van der Waals surface area contributed by atoms with E-state index in [-0.39, 0.29) is 11.8 Å². The summed E-state index contributed by atoms with van der Waals surface area (Å²) in [7, 11) is 0. The Kier molecular flexibility index (Phi) is 3.76. The molecule has 1 amide bonds. The molecule has 20 heavy (non-hydrogen) atoms. The van der Waals surface area contributed by atoms with Gasteiger partial charge in [0.2, 0.25) is 5.91 Å². The first-order valence-electron chi connectivity index (χ1n) is 7.10. The van der Waals surface area contributed by atoms with Crippen LogP contribution in [0.4, 0.5) is 5.69 Å². The van der Waals surface area contributed by atoms with E-state index in [1.54, 1.807) is 23.3 Å². The van der Waals surface area contributed by atoms with Crippen LogP contribution in [0, 0.1) is 5.92 Å². The van der Waals surface area contributed by atoms with Crippen LogP contribution in [0.1, 0.15) is 32.1 Å². The lowest BCUT2D eigenvalue weighted by Crippen LogP contribution is -2.24. The van der Waals surface area contributed by atoms with Crippen molar-refractivity contribution < 1.29 is 4.79 Å². The van der Waals surface area contributed by atoms with Crippen LogP contribution in [-0.4, -0.2) is 20.7 Å². The van der Waals surface area contributed by atoms with E-state index in [2.05, 4.69) is 15.4 Å². The van der Waals surface area contributed by atoms with Gasteiger partial charge in [-0.05, 0) is 25.0 Å². The van der Waals surface area contributed by atoms with Gasteiger partial charge in [0.25, 0.3) is 0 Å². The molecule has 3 rings (SSSR count). The van der Waals surface area contributed by atoms with Crippen molar-refractivity contribution >= 4 is 11.6 Å². The SMILES string of the molecule is O=C(Nc1cnn(-c2ccccn2)c1)C1CCCCC1. The number of amides is 1. The Hall–Kier alpha value is -2.17. The number of anilines is 1. The first-order valence-corrected chi connectivity index (χ1v) is 7.10. The third-order valence-electron chi connectivity index (χ3n) is 3.71. The van der Waals surface area contributed by atoms with E-state index in [0.717, 1.165) is 37.2 Å². The largest absolute Gasteiger partial charge is 0.323 e. The van der Waals surface area contributed by atoms with Crippen LogP contribution in [0.25, 0.3) is 5.82 Å². The lowest BCUT2D eigenvalue weighted by atomic mass is 9.89. The number of hydrogen-bond acceptors (Lipinski definition) is 3. The molecule has 0 atom stereocenters. The topological polar surface area (TPSA) is 59.8 Å². The lowest BCUT2D eigenvalue weighted by molar-refractivity contribution is -0.120. The highest BCUT2D eigenvalue weighted by Gasteiger charge is 2.21. The number of carbonyl (C=O) groups is 1. The Morgan fingerprint density at radius 1 is 1.25 bits per heavy atom. The van der Waals surface area contributed by atoms with E-state index in [4.69, 9.17) is 0 Å². The zero-order chi connectivity index (χ0) is 13.8. The number of hydrogen-bond donors (Lipinski definition) is 1. The molecule has 0 saturated heterocycles. The molecule has 5 heteroatoms. The average Bonchev–Trinajstić information content (AvgIpc) is 2.97. The van der Waals surface area contributed by atoms with Crippen LogP contribution in [0.5, 0.6) is 0 Å². The lowest BCUT2D eigenvalue weighted by Gasteiger charge is -2.20. The van der Waals surface area contributed by atoms with Gasteiger partial charge in [0.1, 0.15) is 0 Å². The molecule has 0 spiro atoms. The molecule has 5 nitrogen and oxygen atoms in total. The van der Waals surface area contributed by atoms with Crippen molar-refractivity contribution in [2.75, 3.05) is 5.32 Å². The van der Waals surface area contributed by atoms with Crippen LogP contribution >= 0.6 is 0 Å². The Morgan fingerprint density at radius 3 is 2.85 bits per heavy atom. The van der Waals surface area contributed by atoms with Gasteiger partial charge in [-0.3, -0.25) is 4.79 Å². The Morgan fingerprint density at radius 2 is 2.10 bits per heavy atom. The second kappa shape index (κ2) is 5.86. The number of carbonyl (C=O) groups excluding carboxylic acids is 1. The molecule has 2 aromatic rings. The van der Waals surface area contributed by atoms with E-state index in [9.17, 15) is 4.79 Å². The summed E-state index contributed by atoms with van der Waals surface area (Å²) in [5.41, 5.74) is 0.728. The molecule has 1 fully saturated rings. The second-order valence-corrected chi connectivity index (χ2v) is 5.19. The molecule has 1 N–H and O–H groups in total. The predicted molar refractivity (Wildman–Crippen MR) is 76.6 cm³/mol. The molecule has 0 unspecified atom stereocenters. The van der Waals surface area contributed by atoms with E-state index in [1.807, 2.05) is 18.2 Å². The van der Waals surface area contributed by atoms with E-state index >= 15 is 0 Å². The molecule has 2 aromatic heterocycles. The van der Waals surface area contributed by atoms with Crippen molar-refractivity contribution in [2.24, 2.45) is 5.92 Å². The molecule has 0 bridgehead atoms. The molecule has 104 valence electrons. The fourth-order valence-electron chi connectivity index (χ4n) is 2.61. The second-order valence-electron chi connectivity index (χ2n) is 5.19. The monoisotopic (exact) mass is 270 g/mol. The van der Waals surface area contributed by atoms with Crippen molar-refractivity contribution in [2.45, 2.75) is 32.1 Å². The average molecular weight is 270 g/mol. The highest BCUT2D eigenvalue weighted by atomic mass is 16.1. The van der Waals surface area contributed by atoms with Crippen molar-refractivity contribution in [1.82, 2.24) is 14.8 Å².